The minimum Gasteiger partial charge on any atom is -0.380 e. The fourth-order valence-corrected chi connectivity index (χ4v) is 2.57. The van der Waals surface area contributed by atoms with Gasteiger partial charge in [-0.3, -0.25) is 0 Å². The van der Waals surface area contributed by atoms with Gasteiger partial charge in [0, 0.05) is 14.2 Å². The second kappa shape index (κ2) is 6.69. The summed E-state index contributed by atoms with van der Waals surface area (Å²) in [6, 6.07) is 13.0. The van der Waals surface area contributed by atoms with Crippen molar-refractivity contribution in [1.82, 2.24) is 0 Å². The molecule has 2 aromatic carbocycles. The fraction of sp³-hybridized carbons (Fsp3) is 0.333. The monoisotopic (exact) mass is 270 g/mol. The van der Waals surface area contributed by atoms with Crippen LogP contribution >= 0.6 is 0 Å². The molecule has 2 nitrogen and oxygen atoms in total. The van der Waals surface area contributed by atoms with Gasteiger partial charge in [0.25, 0.3) is 0 Å². The van der Waals surface area contributed by atoms with E-state index in [9.17, 15) is 0 Å². The summed E-state index contributed by atoms with van der Waals surface area (Å²) in [5.41, 5.74) is 7.55. The van der Waals surface area contributed by atoms with E-state index >= 15 is 0 Å². The van der Waals surface area contributed by atoms with Gasteiger partial charge in [0.05, 0.1) is 13.2 Å². The van der Waals surface area contributed by atoms with Crippen molar-refractivity contribution in [3.05, 3.63) is 58.7 Å². The Morgan fingerprint density at radius 2 is 1.10 bits per heavy atom. The number of rotatable bonds is 5. The van der Waals surface area contributed by atoms with E-state index in [1.54, 1.807) is 14.2 Å². The molecule has 0 saturated heterocycles. The molecule has 0 atom stereocenters. The summed E-state index contributed by atoms with van der Waals surface area (Å²) >= 11 is 0. The van der Waals surface area contributed by atoms with Crippen LogP contribution in [0.3, 0.4) is 0 Å². The van der Waals surface area contributed by atoms with Crippen molar-refractivity contribution in [3.8, 4) is 11.1 Å². The molecular weight excluding hydrogens is 248 g/mol. The zero-order chi connectivity index (χ0) is 14.5. The third-order valence-corrected chi connectivity index (χ3v) is 3.49. The lowest BCUT2D eigenvalue weighted by molar-refractivity contribution is 0.185. The maximum absolute atomic E-state index is 5.18. The smallest absolute Gasteiger partial charge is 0.0713 e. The first kappa shape index (κ1) is 14.8. The van der Waals surface area contributed by atoms with Gasteiger partial charge < -0.3 is 9.47 Å². The number of aryl methyl sites for hydroxylation is 2. The summed E-state index contributed by atoms with van der Waals surface area (Å²) in [4.78, 5) is 0. The van der Waals surface area contributed by atoms with Crippen LogP contribution in [0, 0.1) is 13.8 Å². The Kier molecular flexibility index (Phi) is 4.94. The molecule has 0 bridgehead atoms. The van der Waals surface area contributed by atoms with Crippen molar-refractivity contribution >= 4 is 0 Å². The molecule has 0 aliphatic carbocycles. The third kappa shape index (κ3) is 3.27. The summed E-state index contributed by atoms with van der Waals surface area (Å²) in [7, 11) is 3.45. The van der Waals surface area contributed by atoms with Crippen LogP contribution in [-0.2, 0) is 22.7 Å². The van der Waals surface area contributed by atoms with E-state index in [1.807, 2.05) is 0 Å². The SMILES string of the molecule is COCc1ccc(-c2ccc(COC)cc2C)c(C)c1. The average Bonchev–Trinajstić information content (AvgIpc) is 2.41. The Labute approximate surface area is 121 Å². The van der Waals surface area contributed by atoms with Gasteiger partial charge in [-0.25, -0.2) is 0 Å². The van der Waals surface area contributed by atoms with Gasteiger partial charge in [-0.2, -0.15) is 0 Å². The summed E-state index contributed by atoms with van der Waals surface area (Å²) in [5.74, 6) is 0. The number of ether oxygens (including phenoxy) is 2. The maximum atomic E-state index is 5.18. The zero-order valence-electron chi connectivity index (χ0n) is 12.7. The highest BCUT2D eigenvalue weighted by Gasteiger charge is 2.07. The first-order valence-corrected chi connectivity index (χ1v) is 6.83. The number of benzene rings is 2. The molecule has 0 saturated carbocycles. The Bertz CT molecular complexity index is 534. The summed E-state index contributed by atoms with van der Waals surface area (Å²) < 4.78 is 10.4. The van der Waals surface area contributed by atoms with Gasteiger partial charge in [-0.15, -0.1) is 0 Å². The number of hydrogen-bond donors (Lipinski definition) is 0. The van der Waals surface area contributed by atoms with Crippen LogP contribution in [0.25, 0.3) is 11.1 Å². The first-order chi connectivity index (χ1) is 9.65. The highest BCUT2D eigenvalue weighted by Crippen LogP contribution is 2.28. The van der Waals surface area contributed by atoms with Gasteiger partial charge >= 0.3 is 0 Å². The lowest BCUT2D eigenvalue weighted by Gasteiger charge is -2.12. The van der Waals surface area contributed by atoms with Crippen molar-refractivity contribution in [2.45, 2.75) is 27.1 Å². The van der Waals surface area contributed by atoms with E-state index in [-0.39, 0.29) is 0 Å². The molecule has 0 spiro atoms. The van der Waals surface area contributed by atoms with Crippen molar-refractivity contribution in [1.29, 1.82) is 0 Å². The van der Waals surface area contributed by atoms with Crippen LogP contribution in [0.2, 0.25) is 0 Å². The maximum Gasteiger partial charge on any atom is 0.0713 e. The average molecular weight is 270 g/mol. The molecule has 106 valence electrons. The molecule has 0 radical (unpaired) electrons. The summed E-state index contributed by atoms with van der Waals surface area (Å²) in [6.07, 6.45) is 0. The minimum atomic E-state index is 0.660. The van der Waals surface area contributed by atoms with Gasteiger partial charge in [-0.05, 0) is 47.2 Å². The van der Waals surface area contributed by atoms with Gasteiger partial charge in [-0.1, -0.05) is 36.4 Å². The predicted molar refractivity (Wildman–Crippen MR) is 82.8 cm³/mol. The molecule has 0 amide bonds. The van der Waals surface area contributed by atoms with Crippen LogP contribution in [0.4, 0.5) is 0 Å². The van der Waals surface area contributed by atoms with Crippen LogP contribution in [0.1, 0.15) is 22.3 Å². The number of methoxy groups -OCH3 is 2. The zero-order valence-corrected chi connectivity index (χ0v) is 12.7. The van der Waals surface area contributed by atoms with Gasteiger partial charge in [0.1, 0.15) is 0 Å². The van der Waals surface area contributed by atoms with E-state index in [0.717, 1.165) is 0 Å². The third-order valence-electron chi connectivity index (χ3n) is 3.49. The second-order valence-electron chi connectivity index (χ2n) is 5.16. The largest absolute Gasteiger partial charge is 0.380 e. The van der Waals surface area contributed by atoms with Crippen molar-refractivity contribution in [2.24, 2.45) is 0 Å². The van der Waals surface area contributed by atoms with Crippen molar-refractivity contribution in [2.75, 3.05) is 14.2 Å². The van der Waals surface area contributed by atoms with E-state index in [0.29, 0.717) is 13.2 Å². The van der Waals surface area contributed by atoms with E-state index in [2.05, 4.69) is 50.2 Å². The molecule has 2 aromatic rings. The van der Waals surface area contributed by atoms with Crippen LogP contribution in [0.5, 0.6) is 0 Å². The van der Waals surface area contributed by atoms with Gasteiger partial charge in [0.2, 0.25) is 0 Å². The lowest BCUT2D eigenvalue weighted by atomic mass is 9.94. The summed E-state index contributed by atoms with van der Waals surface area (Å²) in [6.45, 7) is 5.62. The Balaban J connectivity index is 2.36. The molecule has 2 rings (SSSR count). The Morgan fingerprint density at radius 3 is 1.40 bits per heavy atom. The normalized spacial score (nSPS) is 10.8. The summed E-state index contributed by atoms with van der Waals surface area (Å²) in [5, 5.41) is 0. The molecule has 0 heterocycles. The van der Waals surface area contributed by atoms with E-state index < -0.39 is 0 Å². The molecule has 0 N–H and O–H groups in total. The van der Waals surface area contributed by atoms with E-state index in [4.69, 9.17) is 9.47 Å². The van der Waals surface area contributed by atoms with Crippen molar-refractivity contribution in [3.63, 3.8) is 0 Å². The van der Waals surface area contributed by atoms with Crippen molar-refractivity contribution < 1.29 is 9.47 Å². The highest BCUT2D eigenvalue weighted by atomic mass is 16.5. The molecule has 0 aliphatic rings. The van der Waals surface area contributed by atoms with E-state index in [1.165, 1.54) is 33.4 Å². The standard InChI is InChI=1S/C18H22O2/c1-13-9-15(11-19-3)5-7-17(13)18-8-6-16(12-20-4)10-14(18)2/h5-10H,11-12H2,1-4H3. The lowest BCUT2D eigenvalue weighted by Crippen LogP contribution is -1.94. The predicted octanol–water partition coefficient (Wildman–Crippen LogP) is 4.26. The molecule has 0 fully saturated rings. The molecule has 2 heteroatoms. The Morgan fingerprint density at radius 1 is 0.700 bits per heavy atom. The number of hydrogen-bond acceptors (Lipinski definition) is 2. The first-order valence-electron chi connectivity index (χ1n) is 6.83. The molecular formula is C18H22O2. The Hall–Kier alpha value is -1.64. The van der Waals surface area contributed by atoms with Crippen LogP contribution in [-0.4, -0.2) is 14.2 Å². The molecule has 0 aromatic heterocycles. The van der Waals surface area contributed by atoms with Gasteiger partial charge in [0.15, 0.2) is 0 Å². The second-order valence-corrected chi connectivity index (χ2v) is 5.16. The fourth-order valence-electron chi connectivity index (χ4n) is 2.57. The van der Waals surface area contributed by atoms with Crippen LogP contribution in [0.15, 0.2) is 36.4 Å². The van der Waals surface area contributed by atoms with Crippen LogP contribution < -0.4 is 0 Å². The molecule has 0 aliphatic heterocycles. The minimum absolute atomic E-state index is 0.660. The highest BCUT2D eigenvalue weighted by molar-refractivity contribution is 5.71. The molecule has 0 unspecified atom stereocenters. The quantitative estimate of drug-likeness (QED) is 0.808. The molecule has 20 heavy (non-hydrogen) atoms. The topological polar surface area (TPSA) is 18.5 Å².